The van der Waals surface area contributed by atoms with Crippen LogP contribution < -0.4 is 5.32 Å². The van der Waals surface area contributed by atoms with E-state index in [2.05, 4.69) is 22.4 Å². The van der Waals surface area contributed by atoms with Crippen molar-refractivity contribution in [3.8, 4) is 0 Å². The number of ether oxygens (including phenoxy) is 1. The standard InChI is InChI=1S/C12H19N3O2/c1-8-10(5-7-16-8)12-15-14-11(17-12)4-6-13-9-2-3-9/h8-10,13H,2-7H2,1H3. The molecule has 1 saturated carbocycles. The molecule has 1 aliphatic carbocycles. The summed E-state index contributed by atoms with van der Waals surface area (Å²) in [6.07, 6.45) is 4.64. The minimum Gasteiger partial charge on any atom is -0.425 e. The molecule has 1 aromatic heterocycles. The number of nitrogens with one attached hydrogen (secondary N) is 1. The maximum atomic E-state index is 5.70. The molecule has 2 aliphatic rings. The first-order valence-corrected chi connectivity index (χ1v) is 6.50. The van der Waals surface area contributed by atoms with Crippen LogP contribution in [-0.2, 0) is 11.2 Å². The zero-order chi connectivity index (χ0) is 11.7. The van der Waals surface area contributed by atoms with Gasteiger partial charge < -0.3 is 14.5 Å². The summed E-state index contributed by atoms with van der Waals surface area (Å²) in [5.41, 5.74) is 0. The monoisotopic (exact) mass is 237 g/mol. The van der Waals surface area contributed by atoms with E-state index in [1.54, 1.807) is 0 Å². The molecule has 0 radical (unpaired) electrons. The maximum Gasteiger partial charge on any atom is 0.222 e. The lowest BCUT2D eigenvalue weighted by atomic mass is 10.0. The third kappa shape index (κ3) is 2.66. The van der Waals surface area contributed by atoms with Crippen LogP contribution in [-0.4, -0.2) is 35.5 Å². The Morgan fingerprint density at radius 1 is 1.29 bits per heavy atom. The smallest absolute Gasteiger partial charge is 0.222 e. The van der Waals surface area contributed by atoms with Crippen molar-refractivity contribution >= 4 is 0 Å². The fourth-order valence-electron chi connectivity index (χ4n) is 2.24. The Kier molecular flexibility index (Phi) is 3.11. The summed E-state index contributed by atoms with van der Waals surface area (Å²) < 4.78 is 11.2. The van der Waals surface area contributed by atoms with E-state index in [9.17, 15) is 0 Å². The summed E-state index contributed by atoms with van der Waals surface area (Å²) in [5.74, 6) is 1.77. The third-order valence-corrected chi connectivity index (χ3v) is 3.53. The zero-order valence-corrected chi connectivity index (χ0v) is 10.2. The second-order valence-electron chi connectivity index (χ2n) is 4.98. The average molecular weight is 237 g/mol. The summed E-state index contributed by atoms with van der Waals surface area (Å²) in [4.78, 5) is 0. The minimum atomic E-state index is 0.202. The molecular formula is C12H19N3O2. The number of nitrogens with zero attached hydrogens (tertiary/aromatic N) is 2. The lowest BCUT2D eigenvalue weighted by molar-refractivity contribution is 0.114. The summed E-state index contributed by atoms with van der Waals surface area (Å²) in [7, 11) is 0. The molecule has 2 heterocycles. The molecule has 17 heavy (non-hydrogen) atoms. The molecule has 2 unspecified atom stereocenters. The van der Waals surface area contributed by atoms with Crippen molar-refractivity contribution in [1.29, 1.82) is 0 Å². The van der Waals surface area contributed by atoms with Crippen LogP contribution in [0.4, 0.5) is 0 Å². The van der Waals surface area contributed by atoms with Gasteiger partial charge >= 0.3 is 0 Å². The van der Waals surface area contributed by atoms with Crippen LogP contribution in [0.25, 0.3) is 0 Å². The number of hydrogen-bond donors (Lipinski definition) is 1. The second-order valence-corrected chi connectivity index (χ2v) is 4.98. The van der Waals surface area contributed by atoms with Crippen LogP contribution in [0, 0.1) is 0 Å². The van der Waals surface area contributed by atoms with Crippen molar-refractivity contribution in [2.24, 2.45) is 0 Å². The summed E-state index contributed by atoms with van der Waals surface area (Å²) in [6, 6.07) is 0.737. The van der Waals surface area contributed by atoms with Crippen LogP contribution in [0.5, 0.6) is 0 Å². The quantitative estimate of drug-likeness (QED) is 0.835. The Morgan fingerprint density at radius 2 is 2.18 bits per heavy atom. The Bertz CT molecular complexity index is 376. The SMILES string of the molecule is CC1OCCC1c1nnc(CCNC2CC2)o1. The Hall–Kier alpha value is -0.940. The molecular weight excluding hydrogens is 218 g/mol. The molecule has 1 saturated heterocycles. The van der Waals surface area contributed by atoms with Crippen LogP contribution in [0.2, 0.25) is 0 Å². The predicted molar refractivity (Wildman–Crippen MR) is 61.8 cm³/mol. The maximum absolute atomic E-state index is 5.70. The van der Waals surface area contributed by atoms with Crippen molar-refractivity contribution in [2.75, 3.05) is 13.2 Å². The predicted octanol–water partition coefficient (Wildman–Crippen LogP) is 1.26. The van der Waals surface area contributed by atoms with Gasteiger partial charge in [-0.05, 0) is 26.2 Å². The molecule has 94 valence electrons. The fraction of sp³-hybridized carbons (Fsp3) is 0.833. The van der Waals surface area contributed by atoms with Gasteiger partial charge in [-0.1, -0.05) is 0 Å². The zero-order valence-electron chi connectivity index (χ0n) is 10.2. The molecule has 1 aromatic rings. The third-order valence-electron chi connectivity index (χ3n) is 3.53. The van der Waals surface area contributed by atoms with Gasteiger partial charge in [0.25, 0.3) is 0 Å². The topological polar surface area (TPSA) is 60.2 Å². The van der Waals surface area contributed by atoms with Gasteiger partial charge in [-0.2, -0.15) is 0 Å². The lowest BCUT2D eigenvalue weighted by Gasteiger charge is -2.08. The second kappa shape index (κ2) is 4.74. The van der Waals surface area contributed by atoms with Crippen LogP contribution >= 0.6 is 0 Å². The normalized spacial score (nSPS) is 28.8. The molecule has 5 nitrogen and oxygen atoms in total. The highest BCUT2D eigenvalue weighted by atomic mass is 16.5. The number of aromatic nitrogens is 2. The molecule has 2 fully saturated rings. The summed E-state index contributed by atoms with van der Waals surface area (Å²) in [5, 5.41) is 11.7. The summed E-state index contributed by atoms with van der Waals surface area (Å²) >= 11 is 0. The number of hydrogen-bond acceptors (Lipinski definition) is 5. The summed E-state index contributed by atoms with van der Waals surface area (Å²) in [6.45, 7) is 3.80. The highest BCUT2D eigenvalue weighted by molar-refractivity contribution is 4.97. The van der Waals surface area contributed by atoms with Gasteiger partial charge in [0.2, 0.25) is 11.8 Å². The molecule has 1 aliphatic heterocycles. The van der Waals surface area contributed by atoms with Gasteiger partial charge in [-0.25, -0.2) is 0 Å². The van der Waals surface area contributed by atoms with Gasteiger partial charge in [0.05, 0.1) is 12.0 Å². The molecule has 5 heteroatoms. The highest BCUT2D eigenvalue weighted by Crippen LogP contribution is 2.29. The minimum absolute atomic E-state index is 0.202. The first-order valence-electron chi connectivity index (χ1n) is 6.50. The molecule has 1 N–H and O–H groups in total. The molecule has 0 amide bonds. The van der Waals surface area contributed by atoms with E-state index in [4.69, 9.17) is 9.15 Å². The highest BCUT2D eigenvalue weighted by Gasteiger charge is 2.30. The largest absolute Gasteiger partial charge is 0.425 e. The average Bonchev–Trinajstić information content (AvgIpc) is 2.85. The van der Waals surface area contributed by atoms with Crippen LogP contribution in [0.15, 0.2) is 4.42 Å². The molecule has 0 bridgehead atoms. The van der Waals surface area contributed by atoms with E-state index >= 15 is 0 Å². The number of rotatable bonds is 5. The van der Waals surface area contributed by atoms with Crippen molar-refractivity contribution in [1.82, 2.24) is 15.5 Å². The van der Waals surface area contributed by atoms with Crippen LogP contribution in [0.3, 0.4) is 0 Å². The van der Waals surface area contributed by atoms with Gasteiger partial charge in [-0.15, -0.1) is 10.2 Å². The van der Waals surface area contributed by atoms with Crippen LogP contribution in [0.1, 0.15) is 43.9 Å². The Morgan fingerprint density at radius 3 is 2.88 bits per heavy atom. The fourth-order valence-corrected chi connectivity index (χ4v) is 2.24. The molecule has 0 aromatic carbocycles. The van der Waals surface area contributed by atoms with E-state index in [0.29, 0.717) is 0 Å². The van der Waals surface area contributed by atoms with E-state index in [-0.39, 0.29) is 12.0 Å². The van der Waals surface area contributed by atoms with Crippen molar-refractivity contribution < 1.29 is 9.15 Å². The Labute approximate surface area is 101 Å². The molecule has 2 atom stereocenters. The van der Waals surface area contributed by atoms with Gasteiger partial charge in [0.1, 0.15) is 0 Å². The lowest BCUT2D eigenvalue weighted by Crippen LogP contribution is -2.19. The van der Waals surface area contributed by atoms with E-state index in [0.717, 1.165) is 43.8 Å². The van der Waals surface area contributed by atoms with Crippen molar-refractivity contribution in [2.45, 2.75) is 50.7 Å². The van der Waals surface area contributed by atoms with Gasteiger partial charge in [0, 0.05) is 25.6 Å². The first kappa shape index (κ1) is 11.2. The van der Waals surface area contributed by atoms with Crippen molar-refractivity contribution in [3.63, 3.8) is 0 Å². The van der Waals surface area contributed by atoms with E-state index in [1.165, 1.54) is 12.8 Å². The molecule has 3 rings (SSSR count). The Balaban J connectivity index is 1.53. The van der Waals surface area contributed by atoms with Crippen molar-refractivity contribution in [3.05, 3.63) is 11.8 Å². The van der Waals surface area contributed by atoms with Gasteiger partial charge in [-0.3, -0.25) is 0 Å². The van der Waals surface area contributed by atoms with E-state index in [1.807, 2.05) is 0 Å². The molecule has 0 spiro atoms. The van der Waals surface area contributed by atoms with E-state index < -0.39 is 0 Å². The first-order chi connectivity index (χ1) is 8.33. The van der Waals surface area contributed by atoms with Gasteiger partial charge in [0.15, 0.2) is 0 Å².